The fourth-order valence-corrected chi connectivity index (χ4v) is 5.82. The SMILES string of the molecule is CC[C@H](C)NC(=O)[C@H](Cc1ccccc1)N(Cc1ccc(F)cc1)C(=O)CCCN(c1cccc(Cl)c1C)S(C)(=O)=O. The average Bonchev–Trinajstić information content (AvgIpc) is 2.95. The molecule has 0 fully saturated rings. The maximum absolute atomic E-state index is 13.9. The molecule has 0 aliphatic heterocycles. The van der Waals surface area contributed by atoms with Crippen LogP contribution >= 0.6 is 11.6 Å². The quantitative estimate of drug-likeness (QED) is 0.245. The highest BCUT2D eigenvalue weighted by atomic mass is 35.5. The molecule has 2 amide bonds. The van der Waals surface area contributed by atoms with E-state index >= 15 is 0 Å². The molecule has 226 valence electrons. The number of amides is 2. The van der Waals surface area contributed by atoms with Gasteiger partial charge in [0.1, 0.15) is 11.9 Å². The predicted molar refractivity (Wildman–Crippen MR) is 166 cm³/mol. The summed E-state index contributed by atoms with van der Waals surface area (Å²) in [6, 6.07) is 19.4. The Labute approximate surface area is 253 Å². The summed E-state index contributed by atoms with van der Waals surface area (Å²) >= 11 is 6.25. The average molecular weight is 616 g/mol. The smallest absolute Gasteiger partial charge is 0.243 e. The minimum atomic E-state index is -3.66. The van der Waals surface area contributed by atoms with Crippen molar-refractivity contribution in [3.8, 4) is 0 Å². The molecule has 0 saturated heterocycles. The molecule has 0 bridgehead atoms. The van der Waals surface area contributed by atoms with Gasteiger partial charge in [0.15, 0.2) is 0 Å². The van der Waals surface area contributed by atoms with Crippen LogP contribution in [0.15, 0.2) is 72.8 Å². The predicted octanol–water partition coefficient (Wildman–Crippen LogP) is 5.89. The Morgan fingerprint density at radius 2 is 1.64 bits per heavy atom. The Bertz CT molecular complexity index is 1450. The lowest BCUT2D eigenvalue weighted by atomic mass is 10.0. The Balaban J connectivity index is 1.90. The number of carbonyl (C=O) groups excluding carboxylic acids is 2. The molecule has 7 nitrogen and oxygen atoms in total. The molecule has 0 unspecified atom stereocenters. The number of hydrogen-bond donors (Lipinski definition) is 1. The molecule has 10 heteroatoms. The Morgan fingerprint density at radius 1 is 0.976 bits per heavy atom. The van der Waals surface area contributed by atoms with Gasteiger partial charge in [0, 0.05) is 37.0 Å². The third-order valence-electron chi connectivity index (χ3n) is 7.20. The van der Waals surface area contributed by atoms with E-state index in [4.69, 9.17) is 11.6 Å². The van der Waals surface area contributed by atoms with Crippen molar-refractivity contribution in [3.63, 3.8) is 0 Å². The number of nitrogens with zero attached hydrogens (tertiary/aromatic N) is 2. The molecule has 0 spiro atoms. The van der Waals surface area contributed by atoms with Crippen LogP contribution in [0, 0.1) is 12.7 Å². The number of nitrogens with one attached hydrogen (secondary N) is 1. The summed E-state index contributed by atoms with van der Waals surface area (Å²) in [6.07, 6.45) is 2.33. The van der Waals surface area contributed by atoms with E-state index in [1.807, 2.05) is 44.2 Å². The molecular formula is C32H39ClFN3O4S. The van der Waals surface area contributed by atoms with Gasteiger partial charge in [0.05, 0.1) is 11.9 Å². The van der Waals surface area contributed by atoms with Crippen molar-refractivity contribution >= 4 is 39.1 Å². The second kappa shape index (κ2) is 15.2. The van der Waals surface area contributed by atoms with Crippen LogP contribution in [-0.2, 0) is 32.6 Å². The van der Waals surface area contributed by atoms with Gasteiger partial charge in [-0.05, 0) is 67.6 Å². The van der Waals surface area contributed by atoms with Crippen molar-refractivity contribution < 1.29 is 22.4 Å². The van der Waals surface area contributed by atoms with Crippen LogP contribution in [0.25, 0.3) is 0 Å². The van der Waals surface area contributed by atoms with Crippen LogP contribution < -0.4 is 9.62 Å². The van der Waals surface area contributed by atoms with E-state index in [9.17, 15) is 22.4 Å². The summed E-state index contributed by atoms with van der Waals surface area (Å²) in [5.41, 5.74) is 2.64. The van der Waals surface area contributed by atoms with Crippen molar-refractivity contribution in [3.05, 3.63) is 100 Å². The van der Waals surface area contributed by atoms with E-state index in [0.717, 1.165) is 18.2 Å². The van der Waals surface area contributed by atoms with Crippen LogP contribution in [0.2, 0.25) is 5.02 Å². The molecule has 0 aromatic heterocycles. The number of benzene rings is 3. The van der Waals surface area contributed by atoms with Crippen molar-refractivity contribution in [1.29, 1.82) is 0 Å². The summed E-state index contributed by atoms with van der Waals surface area (Å²) in [7, 11) is -3.66. The van der Waals surface area contributed by atoms with E-state index in [0.29, 0.717) is 21.8 Å². The van der Waals surface area contributed by atoms with Crippen molar-refractivity contribution in [2.45, 2.75) is 65.1 Å². The Kier molecular flexibility index (Phi) is 11.9. The van der Waals surface area contributed by atoms with Crippen molar-refractivity contribution in [2.24, 2.45) is 0 Å². The molecule has 0 aliphatic rings. The fourth-order valence-electron chi connectivity index (χ4n) is 4.63. The van der Waals surface area contributed by atoms with Crippen molar-refractivity contribution in [2.75, 3.05) is 17.1 Å². The van der Waals surface area contributed by atoms with Gasteiger partial charge in [-0.25, -0.2) is 12.8 Å². The van der Waals surface area contributed by atoms with Gasteiger partial charge in [0.2, 0.25) is 21.8 Å². The number of sulfonamides is 1. The highest BCUT2D eigenvalue weighted by molar-refractivity contribution is 7.92. The second-order valence-corrected chi connectivity index (χ2v) is 12.8. The monoisotopic (exact) mass is 615 g/mol. The molecule has 0 radical (unpaired) electrons. The zero-order valence-corrected chi connectivity index (χ0v) is 26.1. The second-order valence-electron chi connectivity index (χ2n) is 10.5. The minimum Gasteiger partial charge on any atom is -0.352 e. The number of anilines is 1. The molecule has 0 heterocycles. The van der Waals surface area contributed by atoms with E-state index in [2.05, 4.69) is 5.32 Å². The van der Waals surface area contributed by atoms with E-state index in [1.165, 1.54) is 21.3 Å². The molecule has 3 aromatic rings. The van der Waals surface area contributed by atoms with Gasteiger partial charge in [0.25, 0.3) is 0 Å². The van der Waals surface area contributed by atoms with Crippen molar-refractivity contribution in [1.82, 2.24) is 10.2 Å². The summed E-state index contributed by atoms with van der Waals surface area (Å²) in [6.45, 7) is 5.76. The van der Waals surface area contributed by atoms with E-state index in [1.54, 1.807) is 37.3 Å². The Morgan fingerprint density at radius 3 is 2.26 bits per heavy atom. The number of rotatable bonds is 14. The summed E-state index contributed by atoms with van der Waals surface area (Å²) in [4.78, 5) is 29.0. The van der Waals surface area contributed by atoms with Gasteiger partial charge in [-0.3, -0.25) is 13.9 Å². The van der Waals surface area contributed by atoms with Gasteiger partial charge in [-0.1, -0.05) is 67.1 Å². The van der Waals surface area contributed by atoms with Crippen LogP contribution in [0.4, 0.5) is 10.1 Å². The molecule has 1 N–H and O–H groups in total. The van der Waals surface area contributed by atoms with Gasteiger partial charge < -0.3 is 10.2 Å². The minimum absolute atomic E-state index is 0.00523. The molecule has 42 heavy (non-hydrogen) atoms. The lowest BCUT2D eigenvalue weighted by molar-refractivity contribution is -0.141. The maximum Gasteiger partial charge on any atom is 0.243 e. The maximum atomic E-state index is 13.9. The number of carbonyl (C=O) groups is 2. The molecule has 0 saturated carbocycles. The number of halogens is 2. The zero-order chi connectivity index (χ0) is 30.9. The summed E-state index contributed by atoms with van der Waals surface area (Å²) < 4.78 is 40.3. The van der Waals surface area contributed by atoms with E-state index < -0.39 is 21.9 Å². The molecular weight excluding hydrogens is 577 g/mol. The lowest BCUT2D eigenvalue weighted by Gasteiger charge is -2.33. The van der Waals surface area contributed by atoms with Crippen LogP contribution in [0.5, 0.6) is 0 Å². The normalized spacial score (nSPS) is 12.8. The molecule has 0 aliphatic carbocycles. The zero-order valence-electron chi connectivity index (χ0n) is 24.5. The molecule has 2 atom stereocenters. The van der Waals surface area contributed by atoms with Gasteiger partial charge in [-0.2, -0.15) is 0 Å². The topological polar surface area (TPSA) is 86.8 Å². The highest BCUT2D eigenvalue weighted by Crippen LogP contribution is 2.28. The third kappa shape index (κ3) is 9.29. The largest absolute Gasteiger partial charge is 0.352 e. The third-order valence-corrected chi connectivity index (χ3v) is 8.79. The first-order chi connectivity index (χ1) is 19.9. The first kappa shape index (κ1) is 33.1. The highest BCUT2D eigenvalue weighted by Gasteiger charge is 2.31. The Hall–Kier alpha value is -3.43. The first-order valence-corrected chi connectivity index (χ1v) is 16.2. The van der Waals surface area contributed by atoms with E-state index in [-0.39, 0.29) is 50.2 Å². The van der Waals surface area contributed by atoms with Gasteiger partial charge in [-0.15, -0.1) is 0 Å². The number of hydrogen-bond acceptors (Lipinski definition) is 4. The van der Waals surface area contributed by atoms with Crippen LogP contribution in [-0.4, -0.2) is 50.0 Å². The van der Waals surface area contributed by atoms with Gasteiger partial charge >= 0.3 is 0 Å². The lowest BCUT2D eigenvalue weighted by Crippen LogP contribution is -2.52. The summed E-state index contributed by atoms with van der Waals surface area (Å²) in [5.74, 6) is -0.990. The summed E-state index contributed by atoms with van der Waals surface area (Å²) in [5, 5.41) is 3.46. The first-order valence-electron chi connectivity index (χ1n) is 14.0. The fraction of sp³-hybridized carbons (Fsp3) is 0.375. The van der Waals surface area contributed by atoms with Crippen LogP contribution in [0.1, 0.15) is 49.8 Å². The standard InChI is InChI=1S/C32H39ClFN3O4S/c1-5-23(2)35-32(39)30(21-25-11-7-6-8-12-25)36(22-26-16-18-27(34)19-17-26)31(38)15-10-20-37(42(4,40)41)29-14-9-13-28(33)24(29)3/h6-9,11-14,16-19,23,30H,5,10,15,20-22H2,1-4H3,(H,35,39)/t23-,30-/m0/s1. The van der Waals surface area contributed by atoms with Crippen LogP contribution in [0.3, 0.4) is 0 Å². The molecule has 3 aromatic carbocycles. The molecule has 3 rings (SSSR count).